The van der Waals surface area contributed by atoms with E-state index >= 15 is 0 Å². The summed E-state index contributed by atoms with van der Waals surface area (Å²) in [6, 6.07) is -0.818. The zero-order valence-electron chi connectivity index (χ0n) is 22.0. The first-order valence-corrected chi connectivity index (χ1v) is 15.1. The van der Waals surface area contributed by atoms with Gasteiger partial charge in [-0.05, 0) is 0 Å². The Balaban J connectivity index is 0.00000380. The van der Waals surface area contributed by atoms with E-state index in [0.29, 0.717) is 14.4 Å². The fraction of sp³-hybridized carbons (Fsp3) is 0.389. The molecule has 3 atom stereocenters. The number of hydrogen-bond donors (Lipinski definition) is 4. The number of fused-ring (bicyclic) bond motifs is 1. The molecule has 0 spiro atoms. The van der Waals surface area contributed by atoms with Crippen molar-refractivity contribution in [2.45, 2.75) is 20.1 Å². The maximum Gasteiger partial charge on any atom is 1.00 e. The van der Waals surface area contributed by atoms with Crippen LogP contribution < -0.4 is 70.2 Å². The standard InChI is InChI=1S/C18H17ClN6O6S5.2Na.2H/c19-1-7(8-2-32-15(20)21-8)11(28)22-10-12(29)25-4-18(14(30)31,5-34-13(10)25)6-35-17-24-23-16(36-17)33-3-9(26)27;;;;/h1-2,10,13H,3-6H2,(H2,20,21)(H,22,28)(H,26,27)(H,30,31);;;;/q;2*+1;2*-1/t10?,13-,18?;;;;/m1..../s1. The van der Waals surface area contributed by atoms with E-state index in [0.717, 1.165) is 28.6 Å². The number of nitrogens with two attached hydrogens (primary N) is 1. The molecule has 0 aromatic carbocycles. The summed E-state index contributed by atoms with van der Waals surface area (Å²) >= 11 is 11.7. The van der Waals surface area contributed by atoms with Gasteiger partial charge in [-0.25, -0.2) is 4.98 Å². The molecule has 4 rings (SSSR count). The number of aromatic nitrogens is 3. The van der Waals surface area contributed by atoms with Crippen molar-refractivity contribution in [1.29, 1.82) is 0 Å². The summed E-state index contributed by atoms with van der Waals surface area (Å²) in [7, 11) is 0. The van der Waals surface area contributed by atoms with Gasteiger partial charge in [0.1, 0.15) is 16.8 Å². The van der Waals surface area contributed by atoms with Crippen molar-refractivity contribution in [1.82, 2.24) is 25.4 Å². The quantitative estimate of drug-likeness (QED) is 0.0835. The van der Waals surface area contributed by atoms with Gasteiger partial charge in [-0.15, -0.1) is 33.3 Å². The van der Waals surface area contributed by atoms with E-state index in [-0.39, 0.29) is 102 Å². The number of carboxylic acid groups (broad SMARTS) is 2. The predicted molar refractivity (Wildman–Crippen MR) is 142 cm³/mol. The van der Waals surface area contributed by atoms with Crippen LogP contribution in [-0.4, -0.2) is 89.3 Å². The van der Waals surface area contributed by atoms with E-state index in [2.05, 4.69) is 20.5 Å². The average Bonchev–Trinajstić information content (AvgIpc) is 3.49. The number of aliphatic carboxylic acids is 2. The van der Waals surface area contributed by atoms with Crippen LogP contribution in [0.2, 0.25) is 0 Å². The Kier molecular flexibility index (Phi) is 13.2. The Morgan fingerprint density at radius 2 is 1.97 bits per heavy atom. The van der Waals surface area contributed by atoms with E-state index in [1.165, 1.54) is 39.8 Å². The van der Waals surface area contributed by atoms with Gasteiger partial charge in [-0.3, -0.25) is 19.2 Å². The topological polar surface area (TPSA) is 189 Å². The molecule has 0 saturated carbocycles. The number of thioether (sulfide) groups is 3. The Bertz CT molecular complexity index is 1260. The normalized spacial score (nSPS) is 22.4. The number of thiazole rings is 1. The van der Waals surface area contributed by atoms with Gasteiger partial charge in [0.25, 0.3) is 5.91 Å². The molecule has 12 nitrogen and oxygen atoms in total. The van der Waals surface area contributed by atoms with Gasteiger partial charge in [0.15, 0.2) is 13.8 Å². The number of anilines is 1. The van der Waals surface area contributed by atoms with Crippen LogP contribution in [0.3, 0.4) is 0 Å². The first kappa shape index (κ1) is 34.2. The van der Waals surface area contributed by atoms with Gasteiger partial charge in [-0.2, -0.15) is 0 Å². The average molecular weight is 657 g/mol. The first-order chi connectivity index (χ1) is 17.1. The number of hydrogen-bond acceptors (Lipinski definition) is 13. The van der Waals surface area contributed by atoms with Gasteiger partial charge < -0.3 is 29.0 Å². The van der Waals surface area contributed by atoms with Crippen molar-refractivity contribution in [3.05, 3.63) is 16.6 Å². The Labute approximate surface area is 289 Å². The molecule has 20 heteroatoms. The van der Waals surface area contributed by atoms with Crippen LogP contribution in [0.15, 0.2) is 19.6 Å². The van der Waals surface area contributed by atoms with Crippen molar-refractivity contribution in [2.24, 2.45) is 5.41 Å². The molecular weight excluding hydrogens is 638 g/mol. The van der Waals surface area contributed by atoms with Crippen molar-refractivity contribution in [2.75, 3.05) is 29.5 Å². The Morgan fingerprint density at radius 1 is 1.29 bits per heavy atom. The second-order valence-corrected chi connectivity index (χ2v) is 13.2. The minimum absolute atomic E-state index is 0. The number of nitrogen functional groups attached to an aromatic ring is 1. The molecule has 0 aliphatic carbocycles. The molecule has 0 bridgehead atoms. The van der Waals surface area contributed by atoms with Gasteiger partial charge in [-0.1, -0.05) is 46.5 Å². The number of β-lactam (4-membered cyclic amide) rings is 1. The number of carboxylic acids is 2. The van der Waals surface area contributed by atoms with Crippen LogP contribution in [0, 0.1) is 5.41 Å². The first-order valence-electron chi connectivity index (χ1n) is 9.92. The molecule has 2 amide bonds. The molecule has 2 saturated heterocycles. The number of amides is 2. The maximum absolute atomic E-state index is 12.8. The molecule has 2 aromatic rings. The molecule has 4 heterocycles. The SMILES string of the molecule is Nc1nc(C(=CCl)C(=O)NC2C(=O)N3CC(CSc4nnc(SCC(=O)O)s4)(C(=O)O)CS[C@H]23)cs1.[H-].[H-].[Na+].[Na+]. The van der Waals surface area contributed by atoms with Crippen molar-refractivity contribution in [3.8, 4) is 0 Å². The Hall–Kier alpha value is -0.0500. The number of halogens is 1. The third-order valence-electron chi connectivity index (χ3n) is 5.22. The number of rotatable bonds is 10. The molecule has 2 unspecified atom stereocenters. The van der Waals surface area contributed by atoms with Crippen LogP contribution >= 0.6 is 69.6 Å². The molecule has 196 valence electrons. The van der Waals surface area contributed by atoms with Gasteiger partial charge in [0, 0.05) is 29.0 Å². The summed E-state index contributed by atoms with van der Waals surface area (Å²) in [4.78, 5) is 54.0. The monoisotopic (exact) mass is 656 g/mol. The molecule has 2 aromatic heterocycles. The van der Waals surface area contributed by atoms with E-state index in [9.17, 15) is 24.3 Å². The molecular formula is C18H19ClN6Na2O6S5. The van der Waals surface area contributed by atoms with E-state index < -0.39 is 34.7 Å². The van der Waals surface area contributed by atoms with Gasteiger partial charge in [0.2, 0.25) is 5.91 Å². The van der Waals surface area contributed by atoms with Gasteiger partial charge in [0.05, 0.1) is 17.0 Å². The minimum Gasteiger partial charge on any atom is -1.00 e. The van der Waals surface area contributed by atoms with Crippen LogP contribution in [0.25, 0.3) is 5.57 Å². The predicted octanol–water partition coefficient (Wildman–Crippen LogP) is -4.17. The Morgan fingerprint density at radius 3 is 2.55 bits per heavy atom. The van der Waals surface area contributed by atoms with Gasteiger partial charge >= 0.3 is 71.1 Å². The van der Waals surface area contributed by atoms with Crippen LogP contribution in [0.1, 0.15) is 8.55 Å². The number of carbonyl (C=O) groups is 4. The summed E-state index contributed by atoms with van der Waals surface area (Å²) in [5.74, 6) is -2.76. The van der Waals surface area contributed by atoms with Crippen molar-refractivity contribution >= 4 is 104 Å². The molecule has 2 aliphatic rings. The van der Waals surface area contributed by atoms with Crippen molar-refractivity contribution < 1.29 is 91.4 Å². The van der Waals surface area contributed by atoms with E-state index in [1.54, 1.807) is 5.38 Å². The summed E-state index contributed by atoms with van der Waals surface area (Å²) < 4.78 is 0.989. The van der Waals surface area contributed by atoms with Crippen LogP contribution in [-0.2, 0) is 19.2 Å². The third kappa shape index (κ3) is 7.61. The number of nitrogens with zero attached hydrogens (tertiary/aromatic N) is 4. The largest absolute Gasteiger partial charge is 1.00 e. The molecule has 5 N–H and O–H groups in total. The van der Waals surface area contributed by atoms with E-state index in [1.807, 2.05) is 0 Å². The maximum atomic E-state index is 12.8. The molecule has 2 aliphatic heterocycles. The molecule has 38 heavy (non-hydrogen) atoms. The second kappa shape index (κ2) is 14.7. The zero-order valence-corrected chi connectivity index (χ0v) is 28.8. The molecule has 2 fully saturated rings. The zero-order chi connectivity index (χ0) is 26.0. The number of carbonyl (C=O) groups excluding carboxylic acids is 2. The van der Waals surface area contributed by atoms with Crippen LogP contribution in [0.4, 0.5) is 5.13 Å². The smallest absolute Gasteiger partial charge is 1.00 e. The summed E-state index contributed by atoms with van der Waals surface area (Å²) in [6.07, 6.45) is 0. The van der Waals surface area contributed by atoms with Crippen molar-refractivity contribution in [3.63, 3.8) is 0 Å². The second-order valence-electron chi connectivity index (χ2n) is 7.60. The third-order valence-corrected chi connectivity index (χ3v) is 11.2. The van der Waals surface area contributed by atoms with E-state index in [4.69, 9.17) is 22.4 Å². The fourth-order valence-corrected chi connectivity index (χ4v) is 8.77. The van der Waals surface area contributed by atoms with Crippen LogP contribution in [0.5, 0.6) is 0 Å². The summed E-state index contributed by atoms with van der Waals surface area (Å²) in [6.45, 7) is -0.0154. The summed E-state index contributed by atoms with van der Waals surface area (Å²) in [5.41, 5.74) is 5.84. The minimum atomic E-state index is -1.23. The fourth-order valence-electron chi connectivity index (χ4n) is 3.40. The number of nitrogens with one attached hydrogen (secondary N) is 1. The molecule has 0 radical (unpaired) electrons. The summed E-state index contributed by atoms with van der Waals surface area (Å²) in [5, 5.41) is 30.8.